The van der Waals surface area contributed by atoms with Gasteiger partial charge in [0.2, 0.25) is 0 Å². The second kappa shape index (κ2) is 7.11. The molecule has 3 nitrogen and oxygen atoms in total. The SMILES string of the molecule is O=C(c1ccc2ccccc2c1)N1CCN=C1SCc1ccccc1. The van der Waals surface area contributed by atoms with E-state index < -0.39 is 0 Å². The van der Waals surface area contributed by atoms with Crippen LogP contribution >= 0.6 is 11.8 Å². The van der Waals surface area contributed by atoms with E-state index in [0.717, 1.165) is 21.7 Å². The van der Waals surface area contributed by atoms with Crippen LogP contribution in [0.4, 0.5) is 0 Å². The molecule has 0 unspecified atom stereocenters. The first-order chi connectivity index (χ1) is 12.3. The van der Waals surface area contributed by atoms with E-state index in [9.17, 15) is 4.79 Å². The lowest BCUT2D eigenvalue weighted by molar-refractivity contribution is 0.0861. The number of fused-ring (bicyclic) bond motifs is 1. The van der Waals surface area contributed by atoms with Gasteiger partial charge in [-0.25, -0.2) is 0 Å². The van der Waals surface area contributed by atoms with Crippen LogP contribution in [0.2, 0.25) is 0 Å². The van der Waals surface area contributed by atoms with Crippen molar-refractivity contribution >= 4 is 33.6 Å². The van der Waals surface area contributed by atoms with Crippen molar-refractivity contribution in [1.29, 1.82) is 0 Å². The van der Waals surface area contributed by atoms with Gasteiger partial charge in [-0.1, -0.05) is 72.4 Å². The van der Waals surface area contributed by atoms with Crippen LogP contribution in [0, 0.1) is 0 Å². The van der Waals surface area contributed by atoms with E-state index in [1.165, 1.54) is 5.56 Å². The minimum atomic E-state index is 0.0302. The van der Waals surface area contributed by atoms with Crippen molar-refractivity contribution in [3.63, 3.8) is 0 Å². The molecule has 1 aliphatic heterocycles. The third kappa shape index (κ3) is 3.44. The maximum absolute atomic E-state index is 12.9. The number of carbonyl (C=O) groups is 1. The zero-order valence-corrected chi connectivity index (χ0v) is 14.6. The summed E-state index contributed by atoms with van der Waals surface area (Å²) in [5.41, 5.74) is 1.95. The van der Waals surface area contributed by atoms with Gasteiger partial charge in [0.1, 0.15) is 0 Å². The van der Waals surface area contributed by atoms with Gasteiger partial charge in [0.25, 0.3) is 5.91 Å². The number of aliphatic imine (C=N–C) groups is 1. The third-order valence-corrected chi connectivity index (χ3v) is 5.34. The second-order valence-corrected chi connectivity index (χ2v) is 6.90. The number of hydrogen-bond acceptors (Lipinski definition) is 3. The highest BCUT2D eigenvalue weighted by atomic mass is 32.2. The molecule has 1 amide bonds. The average molecular weight is 346 g/mol. The van der Waals surface area contributed by atoms with E-state index >= 15 is 0 Å². The van der Waals surface area contributed by atoms with Gasteiger partial charge in [-0.3, -0.25) is 14.7 Å². The average Bonchev–Trinajstić information content (AvgIpc) is 3.15. The Labute approximate surface area is 151 Å². The van der Waals surface area contributed by atoms with E-state index in [1.54, 1.807) is 16.7 Å². The molecule has 4 heteroatoms. The molecular weight excluding hydrogens is 328 g/mol. The van der Waals surface area contributed by atoms with Crippen LogP contribution in [-0.4, -0.2) is 29.1 Å². The van der Waals surface area contributed by atoms with Crippen LogP contribution in [0.15, 0.2) is 77.8 Å². The summed E-state index contributed by atoms with van der Waals surface area (Å²) < 4.78 is 0. The molecule has 0 aromatic heterocycles. The lowest BCUT2D eigenvalue weighted by Gasteiger charge is -2.18. The smallest absolute Gasteiger partial charge is 0.259 e. The fourth-order valence-electron chi connectivity index (χ4n) is 2.94. The Balaban J connectivity index is 1.51. The van der Waals surface area contributed by atoms with Crippen molar-refractivity contribution in [1.82, 2.24) is 4.90 Å². The molecular formula is C21H18N2OS. The standard InChI is InChI=1S/C21H18N2OS/c24-20(19-11-10-17-8-4-5-9-18(17)14-19)23-13-12-22-21(23)25-15-16-6-2-1-3-7-16/h1-11,14H,12-13,15H2. The van der Waals surface area contributed by atoms with Crippen LogP contribution in [0.5, 0.6) is 0 Å². The molecule has 0 saturated carbocycles. The van der Waals surface area contributed by atoms with E-state index in [-0.39, 0.29) is 5.91 Å². The molecule has 1 heterocycles. The number of rotatable bonds is 3. The largest absolute Gasteiger partial charge is 0.286 e. The quantitative estimate of drug-likeness (QED) is 0.695. The molecule has 0 spiro atoms. The van der Waals surface area contributed by atoms with Gasteiger partial charge in [0.05, 0.1) is 6.54 Å². The summed E-state index contributed by atoms with van der Waals surface area (Å²) in [7, 11) is 0. The van der Waals surface area contributed by atoms with Crippen LogP contribution in [0.25, 0.3) is 10.8 Å². The monoisotopic (exact) mass is 346 g/mol. The summed E-state index contributed by atoms with van der Waals surface area (Å²) >= 11 is 1.63. The van der Waals surface area contributed by atoms with Crippen molar-refractivity contribution in [3.8, 4) is 0 Å². The van der Waals surface area contributed by atoms with E-state index in [4.69, 9.17) is 0 Å². The summed E-state index contributed by atoms with van der Waals surface area (Å²) in [6.07, 6.45) is 0. The third-order valence-electron chi connectivity index (χ3n) is 4.25. The van der Waals surface area contributed by atoms with E-state index in [0.29, 0.717) is 18.7 Å². The zero-order valence-electron chi connectivity index (χ0n) is 13.8. The Hall–Kier alpha value is -2.59. The molecule has 124 valence electrons. The first-order valence-corrected chi connectivity index (χ1v) is 9.32. The second-order valence-electron chi connectivity index (χ2n) is 5.96. The Morgan fingerprint density at radius 3 is 2.56 bits per heavy atom. The number of amidine groups is 1. The highest BCUT2D eigenvalue weighted by Gasteiger charge is 2.25. The maximum atomic E-state index is 12.9. The molecule has 0 radical (unpaired) electrons. The number of amides is 1. The van der Waals surface area contributed by atoms with Crippen LogP contribution in [-0.2, 0) is 5.75 Å². The lowest BCUT2D eigenvalue weighted by Crippen LogP contribution is -2.32. The molecule has 3 aromatic rings. The molecule has 1 aliphatic rings. The molecule has 0 fully saturated rings. The summed E-state index contributed by atoms with van der Waals surface area (Å²) in [6.45, 7) is 1.33. The van der Waals surface area contributed by atoms with Crippen LogP contribution in [0.3, 0.4) is 0 Å². The van der Waals surface area contributed by atoms with Crippen molar-refractivity contribution in [2.45, 2.75) is 5.75 Å². The van der Waals surface area contributed by atoms with Gasteiger partial charge in [-0.05, 0) is 28.5 Å². The molecule has 25 heavy (non-hydrogen) atoms. The predicted molar refractivity (Wildman–Crippen MR) is 105 cm³/mol. The number of hydrogen-bond donors (Lipinski definition) is 0. The highest BCUT2D eigenvalue weighted by molar-refractivity contribution is 8.13. The first-order valence-electron chi connectivity index (χ1n) is 8.33. The molecule has 0 atom stereocenters. The van der Waals surface area contributed by atoms with Gasteiger partial charge in [0, 0.05) is 17.9 Å². The molecule has 0 aliphatic carbocycles. The molecule has 4 rings (SSSR count). The highest BCUT2D eigenvalue weighted by Crippen LogP contribution is 2.23. The number of carbonyl (C=O) groups excluding carboxylic acids is 1. The molecule has 0 bridgehead atoms. The van der Waals surface area contributed by atoms with Gasteiger partial charge in [-0.15, -0.1) is 0 Å². The van der Waals surface area contributed by atoms with Gasteiger partial charge in [-0.2, -0.15) is 0 Å². The van der Waals surface area contributed by atoms with E-state index in [1.807, 2.05) is 54.6 Å². The van der Waals surface area contributed by atoms with Gasteiger partial charge >= 0.3 is 0 Å². The fourth-order valence-corrected chi connectivity index (χ4v) is 3.94. The minimum absolute atomic E-state index is 0.0302. The topological polar surface area (TPSA) is 32.7 Å². The van der Waals surface area contributed by atoms with Crippen molar-refractivity contribution in [2.24, 2.45) is 4.99 Å². The zero-order chi connectivity index (χ0) is 17.1. The summed E-state index contributed by atoms with van der Waals surface area (Å²) in [5.74, 6) is 0.851. The van der Waals surface area contributed by atoms with Gasteiger partial charge in [0.15, 0.2) is 5.17 Å². The van der Waals surface area contributed by atoms with Crippen molar-refractivity contribution in [2.75, 3.05) is 13.1 Å². The summed E-state index contributed by atoms with van der Waals surface area (Å²) in [4.78, 5) is 19.3. The van der Waals surface area contributed by atoms with Crippen LogP contribution < -0.4 is 0 Å². The fraction of sp³-hybridized carbons (Fsp3) is 0.143. The Morgan fingerprint density at radius 2 is 1.72 bits per heavy atom. The molecule has 0 N–H and O–H groups in total. The number of nitrogens with zero attached hydrogens (tertiary/aromatic N) is 2. The Bertz CT molecular complexity index is 937. The predicted octanol–water partition coefficient (Wildman–Crippen LogP) is 4.59. The van der Waals surface area contributed by atoms with Crippen molar-refractivity contribution < 1.29 is 4.79 Å². The normalized spacial score (nSPS) is 13.9. The van der Waals surface area contributed by atoms with Crippen LogP contribution in [0.1, 0.15) is 15.9 Å². The number of thioether (sulfide) groups is 1. The summed E-state index contributed by atoms with van der Waals surface area (Å²) in [6, 6.07) is 24.2. The van der Waals surface area contributed by atoms with Crippen molar-refractivity contribution in [3.05, 3.63) is 83.9 Å². The Morgan fingerprint density at radius 1 is 0.960 bits per heavy atom. The Kier molecular flexibility index (Phi) is 4.53. The maximum Gasteiger partial charge on any atom is 0.259 e. The number of benzene rings is 3. The minimum Gasteiger partial charge on any atom is -0.286 e. The molecule has 3 aromatic carbocycles. The summed E-state index contributed by atoms with van der Waals surface area (Å²) in [5, 5.41) is 3.05. The van der Waals surface area contributed by atoms with E-state index in [2.05, 4.69) is 23.2 Å². The lowest BCUT2D eigenvalue weighted by atomic mass is 10.1. The first kappa shape index (κ1) is 15.9. The van der Waals surface area contributed by atoms with Gasteiger partial charge < -0.3 is 0 Å². The molecule has 0 saturated heterocycles.